The highest BCUT2D eigenvalue weighted by Crippen LogP contribution is 2.27. The van der Waals surface area contributed by atoms with E-state index in [4.69, 9.17) is 15.2 Å². The summed E-state index contributed by atoms with van der Waals surface area (Å²) < 4.78 is 24.9. The molecule has 2 unspecified atom stereocenters. The zero-order valence-electron chi connectivity index (χ0n) is 10.9. The van der Waals surface area contributed by atoms with Crippen molar-refractivity contribution in [2.75, 3.05) is 26.9 Å². The number of methoxy groups -OCH3 is 1. The third-order valence-corrected chi connectivity index (χ3v) is 3.41. The highest BCUT2D eigenvalue weighted by molar-refractivity contribution is 4.80. The first kappa shape index (κ1) is 14.9. The lowest BCUT2D eigenvalue weighted by molar-refractivity contribution is 0.0206. The number of ether oxygens (including phenoxy) is 2. The van der Waals surface area contributed by atoms with Crippen LogP contribution in [-0.2, 0) is 9.47 Å². The number of alkyl halides is 1. The Labute approximate surface area is 104 Å². The molecule has 0 aromatic heterocycles. The minimum Gasteiger partial charge on any atom is -0.381 e. The van der Waals surface area contributed by atoms with Crippen molar-refractivity contribution in [3.63, 3.8) is 0 Å². The first-order valence-electron chi connectivity index (χ1n) is 6.70. The van der Waals surface area contributed by atoms with Crippen molar-refractivity contribution in [2.24, 2.45) is 5.73 Å². The van der Waals surface area contributed by atoms with Crippen LogP contribution in [0.15, 0.2) is 0 Å². The van der Waals surface area contributed by atoms with Crippen molar-refractivity contribution in [3.05, 3.63) is 0 Å². The minimum atomic E-state index is -1.20. The summed E-state index contributed by atoms with van der Waals surface area (Å²) >= 11 is 0. The Kier molecular flexibility index (Phi) is 7.00. The quantitative estimate of drug-likeness (QED) is 0.680. The maximum Gasteiger partial charge on any atom is 0.134 e. The number of rotatable bonds is 9. The second-order valence-electron chi connectivity index (χ2n) is 5.00. The summed E-state index contributed by atoms with van der Waals surface area (Å²) in [6.07, 6.45) is 6.26. The monoisotopic (exact) mass is 247 g/mol. The molecule has 1 fully saturated rings. The van der Waals surface area contributed by atoms with Crippen LogP contribution in [0.5, 0.6) is 0 Å². The average molecular weight is 247 g/mol. The Morgan fingerprint density at radius 2 is 2.18 bits per heavy atom. The van der Waals surface area contributed by atoms with E-state index in [9.17, 15) is 4.39 Å². The Bertz CT molecular complexity index is 198. The van der Waals surface area contributed by atoms with Crippen molar-refractivity contribution in [3.8, 4) is 0 Å². The minimum absolute atomic E-state index is 0.179. The van der Waals surface area contributed by atoms with Gasteiger partial charge in [-0.3, -0.25) is 0 Å². The molecule has 0 amide bonds. The molecule has 4 heteroatoms. The molecule has 0 aliphatic carbocycles. The molecule has 0 bridgehead atoms. The van der Waals surface area contributed by atoms with E-state index in [2.05, 4.69) is 0 Å². The standard InChI is InChI=1S/C13H26FNO2/c1-16-11-13(14,8-4-9-15)7-2-5-12-6-3-10-17-12/h12H,2-11,15H2,1H3. The Balaban J connectivity index is 2.21. The summed E-state index contributed by atoms with van der Waals surface area (Å²) in [4.78, 5) is 0. The van der Waals surface area contributed by atoms with Gasteiger partial charge in [-0.25, -0.2) is 4.39 Å². The molecule has 1 rings (SSSR count). The molecular formula is C13H26FNO2. The summed E-state index contributed by atoms with van der Waals surface area (Å²) in [6.45, 7) is 1.59. The molecule has 1 saturated heterocycles. The van der Waals surface area contributed by atoms with Gasteiger partial charge in [0.2, 0.25) is 0 Å². The zero-order chi connectivity index (χ0) is 12.6. The van der Waals surface area contributed by atoms with Gasteiger partial charge in [0.1, 0.15) is 5.67 Å². The van der Waals surface area contributed by atoms with E-state index in [1.807, 2.05) is 0 Å². The van der Waals surface area contributed by atoms with Gasteiger partial charge in [0, 0.05) is 13.7 Å². The maximum atomic E-state index is 14.4. The van der Waals surface area contributed by atoms with Crippen LogP contribution >= 0.6 is 0 Å². The number of halogens is 1. The fourth-order valence-electron chi connectivity index (χ4n) is 2.47. The molecule has 0 spiro atoms. The molecule has 0 aromatic rings. The fraction of sp³-hybridized carbons (Fsp3) is 1.00. The Morgan fingerprint density at radius 1 is 1.41 bits per heavy atom. The molecule has 0 aromatic carbocycles. The smallest absolute Gasteiger partial charge is 0.134 e. The maximum absolute atomic E-state index is 14.4. The largest absolute Gasteiger partial charge is 0.381 e. The van der Waals surface area contributed by atoms with Gasteiger partial charge >= 0.3 is 0 Å². The molecule has 102 valence electrons. The zero-order valence-corrected chi connectivity index (χ0v) is 10.9. The van der Waals surface area contributed by atoms with Crippen LogP contribution in [0.25, 0.3) is 0 Å². The fourth-order valence-corrected chi connectivity index (χ4v) is 2.47. The van der Waals surface area contributed by atoms with Gasteiger partial charge in [-0.05, 0) is 51.5 Å². The topological polar surface area (TPSA) is 44.5 Å². The highest BCUT2D eigenvalue weighted by atomic mass is 19.1. The first-order chi connectivity index (χ1) is 8.20. The average Bonchev–Trinajstić information content (AvgIpc) is 2.80. The molecule has 2 N–H and O–H groups in total. The van der Waals surface area contributed by atoms with E-state index in [0.29, 0.717) is 25.5 Å². The molecular weight excluding hydrogens is 221 g/mol. The van der Waals surface area contributed by atoms with Crippen LogP contribution in [0.4, 0.5) is 4.39 Å². The lowest BCUT2D eigenvalue weighted by Crippen LogP contribution is -2.30. The molecule has 1 heterocycles. The number of hydrogen-bond donors (Lipinski definition) is 1. The van der Waals surface area contributed by atoms with E-state index in [1.165, 1.54) is 0 Å². The third kappa shape index (κ3) is 5.80. The number of hydrogen-bond acceptors (Lipinski definition) is 3. The summed E-state index contributed by atoms with van der Waals surface area (Å²) in [7, 11) is 1.55. The van der Waals surface area contributed by atoms with Crippen LogP contribution in [0.3, 0.4) is 0 Å². The Morgan fingerprint density at radius 3 is 2.76 bits per heavy atom. The highest BCUT2D eigenvalue weighted by Gasteiger charge is 2.29. The molecule has 0 saturated carbocycles. The molecule has 17 heavy (non-hydrogen) atoms. The first-order valence-corrected chi connectivity index (χ1v) is 6.70. The second kappa shape index (κ2) is 8.01. The lowest BCUT2D eigenvalue weighted by Gasteiger charge is -2.25. The van der Waals surface area contributed by atoms with Gasteiger partial charge in [-0.2, -0.15) is 0 Å². The van der Waals surface area contributed by atoms with Gasteiger partial charge in [-0.15, -0.1) is 0 Å². The van der Waals surface area contributed by atoms with Crippen LogP contribution in [0.2, 0.25) is 0 Å². The predicted molar refractivity (Wildman–Crippen MR) is 66.8 cm³/mol. The van der Waals surface area contributed by atoms with E-state index in [0.717, 1.165) is 38.7 Å². The van der Waals surface area contributed by atoms with Crippen molar-refractivity contribution < 1.29 is 13.9 Å². The number of nitrogens with two attached hydrogens (primary N) is 1. The normalized spacial score (nSPS) is 23.8. The molecule has 3 nitrogen and oxygen atoms in total. The van der Waals surface area contributed by atoms with Crippen molar-refractivity contribution >= 4 is 0 Å². The van der Waals surface area contributed by atoms with Crippen LogP contribution in [0, 0.1) is 0 Å². The van der Waals surface area contributed by atoms with Gasteiger partial charge in [0.05, 0.1) is 12.7 Å². The summed E-state index contributed by atoms with van der Waals surface area (Å²) in [5, 5.41) is 0. The van der Waals surface area contributed by atoms with Gasteiger partial charge in [-0.1, -0.05) is 0 Å². The van der Waals surface area contributed by atoms with Crippen molar-refractivity contribution in [2.45, 2.75) is 56.7 Å². The van der Waals surface area contributed by atoms with E-state index in [1.54, 1.807) is 7.11 Å². The van der Waals surface area contributed by atoms with Crippen LogP contribution in [-0.4, -0.2) is 38.6 Å². The Hall–Kier alpha value is -0.190. The van der Waals surface area contributed by atoms with E-state index < -0.39 is 5.67 Å². The van der Waals surface area contributed by atoms with E-state index in [-0.39, 0.29) is 6.61 Å². The molecule has 1 aliphatic rings. The second-order valence-corrected chi connectivity index (χ2v) is 5.00. The van der Waals surface area contributed by atoms with Crippen LogP contribution in [0.1, 0.15) is 44.9 Å². The van der Waals surface area contributed by atoms with E-state index >= 15 is 0 Å². The molecule has 1 aliphatic heterocycles. The van der Waals surface area contributed by atoms with Crippen molar-refractivity contribution in [1.29, 1.82) is 0 Å². The SMILES string of the molecule is COCC(F)(CCCN)CCCC1CCCO1. The van der Waals surface area contributed by atoms with Crippen molar-refractivity contribution in [1.82, 2.24) is 0 Å². The van der Waals surface area contributed by atoms with Gasteiger partial charge in [0.15, 0.2) is 0 Å². The van der Waals surface area contributed by atoms with Gasteiger partial charge < -0.3 is 15.2 Å². The summed E-state index contributed by atoms with van der Waals surface area (Å²) in [5.74, 6) is 0. The third-order valence-electron chi connectivity index (χ3n) is 3.41. The predicted octanol–water partition coefficient (Wildman–Crippen LogP) is 2.43. The summed E-state index contributed by atoms with van der Waals surface area (Å²) in [6, 6.07) is 0. The van der Waals surface area contributed by atoms with Crippen LogP contribution < -0.4 is 5.73 Å². The summed E-state index contributed by atoms with van der Waals surface area (Å²) in [5.41, 5.74) is 4.23. The van der Waals surface area contributed by atoms with Gasteiger partial charge in [0.25, 0.3) is 0 Å². The molecule has 0 radical (unpaired) electrons. The lowest BCUT2D eigenvalue weighted by atomic mass is 9.93. The molecule has 2 atom stereocenters.